The molecule has 1 saturated heterocycles. The molecule has 0 saturated carbocycles. The van der Waals surface area contributed by atoms with Gasteiger partial charge in [-0.15, -0.1) is 0 Å². The van der Waals surface area contributed by atoms with Crippen molar-refractivity contribution < 1.29 is 9.53 Å². The molecule has 16 heavy (non-hydrogen) atoms. The number of hydrogen-bond acceptors (Lipinski definition) is 3. The van der Waals surface area contributed by atoms with Crippen molar-refractivity contribution in [2.45, 2.75) is 19.4 Å². The maximum atomic E-state index is 11.7. The van der Waals surface area contributed by atoms with Gasteiger partial charge in [-0.25, -0.2) is 0 Å². The van der Waals surface area contributed by atoms with Crippen LogP contribution in [-0.2, 0) is 4.79 Å². The maximum Gasteiger partial charge on any atom is 0.228 e. The molecule has 1 aliphatic rings. The lowest BCUT2D eigenvalue weighted by Gasteiger charge is -2.16. The van der Waals surface area contributed by atoms with E-state index in [0.29, 0.717) is 19.6 Å². The first-order chi connectivity index (χ1) is 7.70. The first kappa shape index (κ1) is 11.0. The molecule has 0 spiro atoms. The van der Waals surface area contributed by atoms with Gasteiger partial charge >= 0.3 is 0 Å². The number of nitrogens with zero attached hydrogens (tertiary/aromatic N) is 1. The number of ether oxygens (including phenoxy) is 1. The molecule has 0 bridgehead atoms. The van der Waals surface area contributed by atoms with Gasteiger partial charge in [0.1, 0.15) is 5.75 Å². The van der Waals surface area contributed by atoms with Crippen molar-refractivity contribution >= 4 is 11.6 Å². The van der Waals surface area contributed by atoms with Gasteiger partial charge in [0.05, 0.1) is 6.61 Å². The molecule has 1 unspecified atom stereocenters. The third-order valence-corrected chi connectivity index (χ3v) is 2.60. The number of carbonyl (C=O) groups is 1. The van der Waals surface area contributed by atoms with Crippen LogP contribution in [0.4, 0.5) is 5.69 Å². The van der Waals surface area contributed by atoms with E-state index in [1.807, 2.05) is 31.2 Å². The van der Waals surface area contributed by atoms with E-state index in [9.17, 15) is 4.79 Å². The van der Waals surface area contributed by atoms with Gasteiger partial charge in [0.15, 0.2) is 0 Å². The normalized spacial score (nSPS) is 20.2. The molecule has 86 valence electrons. The van der Waals surface area contributed by atoms with Crippen LogP contribution in [0.5, 0.6) is 5.75 Å². The maximum absolute atomic E-state index is 11.7. The molecule has 4 nitrogen and oxygen atoms in total. The van der Waals surface area contributed by atoms with E-state index in [-0.39, 0.29) is 11.9 Å². The number of nitrogens with two attached hydrogens (primary N) is 1. The van der Waals surface area contributed by atoms with E-state index >= 15 is 0 Å². The van der Waals surface area contributed by atoms with Crippen molar-refractivity contribution in [3.63, 3.8) is 0 Å². The van der Waals surface area contributed by atoms with Crippen molar-refractivity contribution in [3.05, 3.63) is 24.3 Å². The Balaban J connectivity index is 2.20. The van der Waals surface area contributed by atoms with Gasteiger partial charge in [0.25, 0.3) is 0 Å². The summed E-state index contributed by atoms with van der Waals surface area (Å²) >= 11 is 0. The van der Waals surface area contributed by atoms with Gasteiger partial charge in [0, 0.05) is 30.8 Å². The highest BCUT2D eigenvalue weighted by Gasteiger charge is 2.28. The van der Waals surface area contributed by atoms with E-state index in [2.05, 4.69) is 0 Å². The molecule has 0 aliphatic carbocycles. The Hall–Kier alpha value is -1.55. The lowest BCUT2D eigenvalue weighted by Crippen LogP contribution is -2.27. The fourth-order valence-corrected chi connectivity index (χ4v) is 1.89. The van der Waals surface area contributed by atoms with E-state index < -0.39 is 0 Å². The molecule has 1 aromatic carbocycles. The van der Waals surface area contributed by atoms with E-state index in [1.165, 1.54) is 0 Å². The topological polar surface area (TPSA) is 55.6 Å². The summed E-state index contributed by atoms with van der Waals surface area (Å²) in [5, 5.41) is 0. The number of amides is 1. The Morgan fingerprint density at radius 1 is 1.56 bits per heavy atom. The molecule has 1 atom stereocenters. The monoisotopic (exact) mass is 220 g/mol. The minimum atomic E-state index is -0.0525. The molecule has 0 aromatic heterocycles. The van der Waals surface area contributed by atoms with Crippen LogP contribution < -0.4 is 15.4 Å². The third-order valence-electron chi connectivity index (χ3n) is 2.60. The third kappa shape index (κ3) is 2.17. The Morgan fingerprint density at radius 3 is 3.00 bits per heavy atom. The molecular weight excluding hydrogens is 204 g/mol. The molecule has 1 aromatic rings. The number of benzene rings is 1. The second-order valence-electron chi connectivity index (χ2n) is 3.90. The Kier molecular flexibility index (Phi) is 3.10. The highest BCUT2D eigenvalue weighted by molar-refractivity contribution is 5.96. The fourth-order valence-electron chi connectivity index (χ4n) is 1.89. The predicted octanol–water partition coefficient (Wildman–Crippen LogP) is 1.15. The van der Waals surface area contributed by atoms with Crippen molar-refractivity contribution in [1.82, 2.24) is 0 Å². The highest BCUT2D eigenvalue weighted by atomic mass is 16.5. The van der Waals surface area contributed by atoms with E-state index in [4.69, 9.17) is 10.5 Å². The van der Waals surface area contributed by atoms with Gasteiger partial charge in [-0.05, 0) is 19.1 Å². The number of hydrogen-bond donors (Lipinski definition) is 1. The van der Waals surface area contributed by atoms with Crippen LogP contribution in [0.2, 0.25) is 0 Å². The molecule has 2 rings (SSSR count). The SMILES string of the molecule is CCOc1cccc(N2CC(N)CC2=O)c1. The number of carbonyl (C=O) groups excluding carboxylic acids is 1. The van der Waals surface area contributed by atoms with Gasteiger partial charge < -0.3 is 15.4 Å². The van der Waals surface area contributed by atoms with Crippen molar-refractivity contribution in [1.29, 1.82) is 0 Å². The molecule has 4 heteroatoms. The van der Waals surface area contributed by atoms with E-state index in [0.717, 1.165) is 11.4 Å². The van der Waals surface area contributed by atoms with Crippen LogP contribution in [0, 0.1) is 0 Å². The second kappa shape index (κ2) is 4.53. The average Bonchev–Trinajstić information content (AvgIpc) is 2.59. The van der Waals surface area contributed by atoms with Crippen molar-refractivity contribution in [2.75, 3.05) is 18.1 Å². The summed E-state index contributed by atoms with van der Waals surface area (Å²) < 4.78 is 5.40. The molecule has 0 radical (unpaired) electrons. The lowest BCUT2D eigenvalue weighted by molar-refractivity contribution is -0.117. The summed E-state index contributed by atoms with van der Waals surface area (Å²) in [5.41, 5.74) is 6.62. The smallest absolute Gasteiger partial charge is 0.228 e. The summed E-state index contributed by atoms with van der Waals surface area (Å²) in [6.07, 6.45) is 0.429. The second-order valence-corrected chi connectivity index (χ2v) is 3.90. The van der Waals surface area contributed by atoms with Crippen molar-refractivity contribution in [3.8, 4) is 5.75 Å². The Morgan fingerprint density at radius 2 is 2.38 bits per heavy atom. The summed E-state index contributed by atoms with van der Waals surface area (Å²) in [4.78, 5) is 13.4. The van der Waals surface area contributed by atoms with Crippen LogP contribution in [0.15, 0.2) is 24.3 Å². The Bertz CT molecular complexity index is 392. The van der Waals surface area contributed by atoms with Gasteiger partial charge in [-0.2, -0.15) is 0 Å². The minimum absolute atomic E-state index is 0.0525. The van der Waals surface area contributed by atoms with Crippen LogP contribution in [0.1, 0.15) is 13.3 Å². The molecule has 1 fully saturated rings. The van der Waals surface area contributed by atoms with Gasteiger partial charge in [0.2, 0.25) is 5.91 Å². The zero-order chi connectivity index (χ0) is 11.5. The molecule has 1 amide bonds. The van der Waals surface area contributed by atoms with Gasteiger partial charge in [-0.3, -0.25) is 4.79 Å². The molecule has 1 heterocycles. The standard InChI is InChI=1S/C12H16N2O2/c1-2-16-11-5-3-4-10(7-11)14-8-9(13)6-12(14)15/h3-5,7,9H,2,6,8,13H2,1H3. The summed E-state index contributed by atoms with van der Waals surface area (Å²) in [6.45, 7) is 3.15. The predicted molar refractivity (Wildman–Crippen MR) is 62.6 cm³/mol. The largest absolute Gasteiger partial charge is 0.494 e. The first-order valence-corrected chi connectivity index (χ1v) is 5.49. The summed E-state index contributed by atoms with van der Waals surface area (Å²) in [6, 6.07) is 7.49. The number of anilines is 1. The molecule has 2 N–H and O–H groups in total. The van der Waals surface area contributed by atoms with Gasteiger partial charge in [-0.1, -0.05) is 6.07 Å². The summed E-state index contributed by atoms with van der Waals surface area (Å²) in [7, 11) is 0. The first-order valence-electron chi connectivity index (χ1n) is 5.49. The van der Waals surface area contributed by atoms with Crippen LogP contribution in [0.3, 0.4) is 0 Å². The quantitative estimate of drug-likeness (QED) is 0.831. The lowest BCUT2D eigenvalue weighted by atomic mass is 10.3. The Labute approximate surface area is 95.0 Å². The zero-order valence-electron chi connectivity index (χ0n) is 9.35. The molecule has 1 aliphatic heterocycles. The zero-order valence-corrected chi connectivity index (χ0v) is 9.35. The van der Waals surface area contributed by atoms with E-state index in [1.54, 1.807) is 4.90 Å². The van der Waals surface area contributed by atoms with Crippen LogP contribution in [-0.4, -0.2) is 25.1 Å². The summed E-state index contributed by atoms with van der Waals surface area (Å²) in [5.74, 6) is 0.870. The average molecular weight is 220 g/mol. The van der Waals surface area contributed by atoms with Crippen LogP contribution in [0.25, 0.3) is 0 Å². The number of rotatable bonds is 3. The minimum Gasteiger partial charge on any atom is -0.494 e. The van der Waals surface area contributed by atoms with Crippen molar-refractivity contribution in [2.24, 2.45) is 5.73 Å². The highest BCUT2D eigenvalue weighted by Crippen LogP contribution is 2.24. The van der Waals surface area contributed by atoms with Crippen LogP contribution >= 0.6 is 0 Å². The fraction of sp³-hybridized carbons (Fsp3) is 0.417. The molecular formula is C12H16N2O2.